The molecule has 5 nitrogen and oxygen atoms in total. The Bertz CT molecular complexity index is 469. The maximum Gasteiger partial charge on any atom is 0.244 e. The quantitative estimate of drug-likeness (QED) is 0.592. The molecule has 0 bridgehead atoms. The molecule has 1 N–H and O–H groups in total. The molecule has 1 rings (SSSR count). The molecule has 0 radical (unpaired) electrons. The molecule has 1 heterocycles. The SMILES string of the molecule is CCCCn1nc(C)c(/C=C/C(=O)NCCOC)c1Cl. The molecular formula is C14H22ClN3O2. The first kappa shape index (κ1) is 16.7. The third-order valence-corrected chi connectivity index (χ3v) is 3.24. The van der Waals surface area contributed by atoms with Crippen molar-refractivity contribution in [1.82, 2.24) is 15.1 Å². The number of aryl methyl sites for hydroxylation is 2. The predicted molar refractivity (Wildman–Crippen MR) is 80.8 cm³/mol. The Balaban J connectivity index is 2.67. The molecule has 6 heteroatoms. The molecule has 1 aromatic rings. The minimum absolute atomic E-state index is 0.168. The van der Waals surface area contributed by atoms with E-state index in [1.165, 1.54) is 6.08 Å². The van der Waals surface area contributed by atoms with E-state index >= 15 is 0 Å². The van der Waals surface area contributed by atoms with Crippen molar-refractivity contribution >= 4 is 23.6 Å². The molecule has 0 unspecified atom stereocenters. The summed E-state index contributed by atoms with van der Waals surface area (Å²) in [6.07, 6.45) is 5.29. The average molecular weight is 300 g/mol. The van der Waals surface area contributed by atoms with E-state index in [9.17, 15) is 4.79 Å². The van der Waals surface area contributed by atoms with E-state index in [1.807, 2.05) is 6.92 Å². The number of hydrogen-bond donors (Lipinski definition) is 1. The van der Waals surface area contributed by atoms with E-state index in [2.05, 4.69) is 17.3 Å². The molecule has 0 spiro atoms. The lowest BCUT2D eigenvalue weighted by molar-refractivity contribution is -0.116. The Morgan fingerprint density at radius 3 is 2.95 bits per heavy atom. The largest absolute Gasteiger partial charge is 0.383 e. The molecule has 112 valence electrons. The van der Waals surface area contributed by atoms with Crippen molar-refractivity contribution < 1.29 is 9.53 Å². The first-order chi connectivity index (χ1) is 9.60. The second-order valence-corrected chi connectivity index (χ2v) is 4.84. The van der Waals surface area contributed by atoms with Crippen molar-refractivity contribution in [2.75, 3.05) is 20.3 Å². The highest BCUT2D eigenvalue weighted by Gasteiger charge is 2.10. The molecule has 0 aliphatic carbocycles. The van der Waals surface area contributed by atoms with Gasteiger partial charge in [0, 0.05) is 31.8 Å². The van der Waals surface area contributed by atoms with Crippen LogP contribution in [-0.2, 0) is 16.1 Å². The highest BCUT2D eigenvalue weighted by atomic mass is 35.5. The summed E-state index contributed by atoms with van der Waals surface area (Å²) in [5, 5.41) is 7.68. The Labute approximate surface area is 124 Å². The third-order valence-electron chi connectivity index (χ3n) is 2.84. The third kappa shape index (κ3) is 4.98. The smallest absolute Gasteiger partial charge is 0.244 e. The lowest BCUT2D eigenvalue weighted by Gasteiger charge is -2.01. The molecule has 0 saturated heterocycles. The van der Waals surface area contributed by atoms with Gasteiger partial charge in [0.25, 0.3) is 0 Å². The van der Waals surface area contributed by atoms with Gasteiger partial charge in [0.15, 0.2) is 0 Å². The summed E-state index contributed by atoms with van der Waals surface area (Å²) in [5.74, 6) is -0.168. The molecule has 0 fully saturated rings. The van der Waals surface area contributed by atoms with Gasteiger partial charge in [-0.1, -0.05) is 24.9 Å². The second-order valence-electron chi connectivity index (χ2n) is 4.48. The van der Waals surface area contributed by atoms with Crippen molar-refractivity contribution in [3.63, 3.8) is 0 Å². The summed E-state index contributed by atoms with van der Waals surface area (Å²) in [4.78, 5) is 11.6. The standard InChI is InChI=1S/C14H22ClN3O2/c1-4-5-9-18-14(15)12(11(2)17-18)6-7-13(19)16-8-10-20-3/h6-7H,4-5,8-10H2,1-3H3,(H,16,19)/b7-6+. The van der Waals surface area contributed by atoms with Crippen LogP contribution in [0.5, 0.6) is 0 Å². The van der Waals surface area contributed by atoms with E-state index < -0.39 is 0 Å². The fourth-order valence-electron chi connectivity index (χ4n) is 1.71. The predicted octanol–water partition coefficient (Wildman–Crippen LogP) is 2.42. The zero-order chi connectivity index (χ0) is 15.0. The summed E-state index contributed by atoms with van der Waals surface area (Å²) in [6, 6.07) is 0. The number of hydrogen-bond acceptors (Lipinski definition) is 3. The van der Waals surface area contributed by atoms with E-state index in [-0.39, 0.29) is 5.91 Å². The Kier molecular flexibility index (Phi) is 7.33. The van der Waals surface area contributed by atoms with Crippen LogP contribution in [0.15, 0.2) is 6.08 Å². The normalized spacial score (nSPS) is 11.2. The zero-order valence-corrected chi connectivity index (χ0v) is 13.0. The number of amides is 1. The van der Waals surface area contributed by atoms with Gasteiger partial charge in [-0.15, -0.1) is 0 Å². The van der Waals surface area contributed by atoms with Gasteiger partial charge in [0.05, 0.1) is 12.3 Å². The Hall–Kier alpha value is -1.33. The zero-order valence-electron chi connectivity index (χ0n) is 12.3. The molecule has 0 aliphatic rings. The monoisotopic (exact) mass is 299 g/mol. The number of carbonyl (C=O) groups excluding carboxylic acids is 1. The van der Waals surface area contributed by atoms with Crippen molar-refractivity contribution in [1.29, 1.82) is 0 Å². The van der Waals surface area contributed by atoms with Crippen molar-refractivity contribution in [3.8, 4) is 0 Å². The number of nitrogens with one attached hydrogen (secondary N) is 1. The van der Waals surface area contributed by atoms with Crippen LogP contribution in [0.2, 0.25) is 5.15 Å². The minimum atomic E-state index is -0.168. The molecule has 0 saturated carbocycles. The molecule has 0 atom stereocenters. The van der Waals surface area contributed by atoms with Gasteiger partial charge in [0.2, 0.25) is 5.91 Å². The number of aromatic nitrogens is 2. The summed E-state index contributed by atoms with van der Waals surface area (Å²) in [5.41, 5.74) is 1.62. The van der Waals surface area contributed by atoms with Crippen LogP contribution in [0.3, 0.4) is 0 Å². The lowest BCUT2D eigenvalue weighted by Crippen LogP contribution is -2.24. The topological polar surface area (TPSA) is 56.2 Å². The highest BCUT2D eigenvalue weighted by molar-refractivity contribution is 6.31. The minimum Gasteiger partial charge on any atom is -0.383 e. The van der Waals surface area contributed by atoms with Gasteiger partial charge in [-0.2, -0.15) is 5.10 Å². The lowest BCUT2D eigenvalue weighted by atomic mass is 10.2. The number of unbranched alkanes of at least 4 members (excludes halogenated alkanes) is 1. The van der Waals surface area contributed by atoms with Gasteiger partial charge in [0.1, 0.15) is 5.15 Å². The molecule has 1 amide bonds. The maximum atomic E-state index is 11.6. The number of carbonyl (C=O) groups is 1. The van der Waals surface area contributed by atoms with Crippen LogP contribution in [0.1, 0.15) is 31.0 Å². The van der Waals surface area contributed by atoms with E-state index in [0.717, 1.165) is 30.6 Å². The van der Waals surface area contributed by atoms with Crippen LogP contribution in [0.4, 0.5) is 0 Å². The number of halogens is 1. The Morgan fingerprint density at radius 2 is 2.30 bits per heavy atom. The first-order valence-corrected chi connectivity index (χ1v) is 7.15. The number of methoxy groups -OCH3 is 1. The van der Waals surface area contributed by atoms with E-state index in [0.29, 0.717) is 18.3 Å². The van der Waals surface area contributed by atoms with Gasteiger partial charge in [-0.3, -0.25) is 9.48 Å². The van der Waals surface area contributed by atoms with Gasteiger partial charge in [-0.25, -0.2) is 0 Å². The van der Waals surface area contributed by atoms with Crippen molar-refractivity contribution in [3.05, 3.63) is 22.5 Å². The summed E-state index contributed by atoms with van der Waals surface area (Å²) in [7, 11) is 1.59. The molecule has 0 aliphatic heterocycles. The average Bonchev–Trinajstić information content (AvgIpc) is 2.69. The molecule has 1 aromatic heterocycles. The van der Waals surface area contributed by atoms with Crippen molar-refractivity contribution in [2.24, 2.45) is 0 Å². The van der Waals surface area contributed by atoms with Crippen molar-refractivity contribution in [2.45, 2.75) is 33.2 Å². The molecule has 0 aromatic carbocycles. The van der Waals surface area contributed by atoms with Gasteiger partial charge in [-0.05, 0) is 19.4 Å². The summed E-state index contributed by atoms with van der Waals surface area (Å²) < 4.78 is 6.64. The number of rotatable bonds is 8. The number of nitrogens with zero attached hydrogens (tertiary/aromatic N) is 2. The van der Waals surface area contributed by atoms with E-state index in [1.54, 1.807) is 17.9 Å². The molecule has 20 heavy (non-hydrogen) atoms. The van der Waals surface area contributed by atoms with Crippen LogP contribution in [-0.4, -0.2) is 35.9 Å². The second kappa shape index (κ2) is 8.76. The van der Waals surface area contributed by atoms with Gasteiger partial charge >= 0.3 is 0 Å². The van der Waals surface area contributed by atoms with Crippen LogP contribution < -0.4 is 5.32 Å². The number of ether oxygens (including phenoxy) is 1. The molecular weight excluding hydrogens is 278 g/mol. The Morgan fingerprint density at radius 1 is 1.55 bits per heavy atom. The highest BCUT2D eigenvalue weighted by Crippen LogP contribution is 2.21. The van der Waals surface area contributed by atoms with Crippen LogP contribution >= 0.6 is 11.6 Å². The summed E-state index contributed by atoms with van der Waals surface area (Å²) >= 11 is 6.27. The van der Waals surface area contributed by atoms with Gasteiger partial charge < -0.3 is 10.1 Å². The summed E-state index contributed by atoms with van der Waals surface area (Å²) in [6.45, 7) is 5.78. The fourth-order valence-corrected chi connectivity index (χ4v) is 2.03. The maximum absolute atomic E-state index is 11.6. The first-order valence-electron chi connectivity index (χ1n) is 6.77. The van der Waals surface area contributed by atoms with Crippen LogP contribution in [0.25, 0.3) is 6.08 Å². The fraction of sp³-hybridized carbons (Fsp3) is 0.571. The van der Waals surface area contributed by atoms with E-state index in [4.69, 9.17) is 16.3 Å². The van der Waals surface area contributed by atoms with Crippen LogP contribution in [0, 0.1) is 6.92 Å².